The minimum absolute atomic E-state index is 0.267. The van der Waals surface area contributed by atoms with E-state index in [1.54, 1.807) is 6.07 Å². The van der Waals surface area contributed by atoms with Crippen molar-refractivity contribution in [3.63, 3.8) is 0 Å². The van der Waals surface area contributed by atoms with E-state index in [0.717, 1.165) is 0 Å². The summed E-state index contributed by atoms with van der Waals surface area (Å²) >= 11 is 9.21. The van der Waals surface area contributed by atoms with Gasteiger partial charge in [0.2, 0.25) is 0 Å². The van der Waals surface area contributed by atoms with Crippen LogP contribution in [0.1, 0.15) is 0 Å². The highest BCUT2D eigenvalue weighted by Crippen LogP contribution is 2.35. The Morgan fingerprint density at radius 3 is 2.50 bits per heavy atom. The van der Waals surface area contributed by atoms with Crippen LogP contribution in [0.4, 0.5) is 10.1 Å². The van der Waals surface area contributed by atoms with Crippen LogP contribution in [0.3, 0.4) is 0 Å². The highest BCUT2D eigenvalue weighted by atomic mass is 79.9. The SMILES string of the molecule is COc1cc(OC)c(NC(=O)COc2ccc(F)cc2Br)cc1Cl. The smallest absolute Gasteiger partial charge is 0.262 e. The lowest BCUT2D eigenvalue weighted by molar-refractivity contribution is -0.118. The maximum absolute atomic E-state index is 13.0. The molecule has 2 rings (SSSR count). The van der Waals surface area contributed by atoms with Gasteiger partial charge in [0, 0.05) is 6.07 Å². The molecule has 0 fully saturated rings. The summed E-state index contributed by atoms with van der Waals surface area (Å²) in [5.74, 6) is 0.346. The summed E-state index contributed by atoms with van der Waals surface area (Å²) in [7, 11) is 2.94. The number of rotatable bonds is 6. The fourth-order valence-corrected chi connectivity index (χ4v) is 2.59. The molecule has 8 heteroatoms. The van der Waals surface area contributed by atoms with Crippen LogP contribution in [0.25, 0.3) is 0 Å². The maximum Gasteiger partial charge on any atom is 0.262 e. The highest BCUT2D eigenvalue weighted by Gasteiger charge is 2.13. The maximum atomic E-state index is 13.0. The molecule has 1 N–H and O–H groups in total. The molecule has 0 aliphatic carbocycles. The van der Waals surface area contributed by atoms with E-state index in [9.17, 15) is 9.18 Å². The summed E-state index contributed by atoms with van der Waals surface area (Å²) in [5, 5.41) is 2.97. The van der Waals surface area contributed by atoms with Gasteiger partial charge in [0.15, 0.2) is 6.61 Å². The topological polar surface area (TPSA) is 56.8 Å². The molecule has 5 nitrogen and oxygen atoms in total. The van der Waals surface area contributed by atoms with Gasteiger partial charge in [-0.2, -0.15) is 0 Å². The van der Waals surface area contributed by atoms with Crippen molar-refractivity contribution in [2.75, 3.05) is 26.1 Å². The molecule has 0 spiro atoms. The van der Waals surface area contributed by atoms with Crippen molar-refractivity contribution in [2.45, 2.75) is 0 Å². The van der Waals surface area contributed by atoms with Gasteiger partial charge in [0.25, 0.3) is 5.91 Å². The number of ether oxygens (including phenoxy) is 3. The fourth-order valence-electron chi connectivity index (χ4n) is 1.88. The molecular formula is C16H14BrClFNO4. The predicted molar refractivity (Wildman–Crippen MR) is 92.8 cm³/mol. The number of hydrogen-bond acceptors (Lipinski definition) is 4. The molecule has 0 radical (unpaired) electrons. The lowest BCUT2D eigenvalue weighted by Crippen LogP contribution is -2.20. The molecule has 0 aliphatic rings. The highest BCUT2D eigenvalue weighted by molar-refractivity contribution is 9.10. The van der Waals surface area contributed by atoms with Gasteiger partial charge < -0.3 is 19.5 Å². The Kier molecular flexibility index (Phi) is 6.28. The van der Waals surface area contributed by atoms with E-state index in [-0.39, 0.29) is 6.61 Å². The zero-order valence-electron chi connectivity index (χ0n) is 12.9. The van der Waals surface area contributed by atoms with Crippen molar-refractivity contribution in [3.8, 4) is 17.2 Å². The number of anilines is 1. The monoisotopic (exact) mass is 417 g/mol. The van der Waals surface area contributed by atoms with Gasteiger partial charge in [-0.3, -0.25) is 4.79 Å². The van der Waals surface area contributed by atoms with Crippen LogP contribution >= 0.6 is 27.5 Å². The molecule has 0 aromatic heterocycles. The Balaban J connectivity index is 2.05. The molecule has 2 aromatic carbocycles. The summed E-state index contributed by atoms with van der Waals surface area (Å²) in [6.07, 6.45) is 0. The third kappa shape index (κ3) is 4.52. The predicted octanol–water partition coefficient (Wildman–Crippen LogP) is 4.28. The number of carbonyl (C=O) groups is 1. The Hall–Kier alpha value is -1.99. The Morgan fingerprint density at radius 1 is 1.17 bits per heavy atom. The van der Waals surface area contributed by atoms with E-state index in [4.69, 9.17) is 25.8 Å². The summed E-state index contributed by atoms with van der Waals surface area (Å²) in [6, 6.07) is 7.00. The Labute approximate surface area is 151 Å². The van der Waals surface area contributed by atoms with Gasteiger partial charge in [-0.15, -0.1) is 0 Å². The van der Waals surface area contributed by atoms with Gasteiger partial charge in [-0.25, -0.2) is 4.39 Å². The standard InChI is InChI=1S/C16H14BrClFNO4/c1-22-14-7-15(23-2)12(6-11(14)18)20-16(21)8-24-13-4-3-9(19)5-10(13)17/h3-7H,8H2,1-2H3,(H,20,21). The molecule has 0 saturated carbocycles. The first-order valence-electron chi connectivity index (χ1n) is 6.73. The van der Waals surface area contributed by atoms with Gasteiger partial charge in [-0.1, -0.05) is 11.6 Å². The molecule has 0 aliphatic heterocycles. The summed E-state index contributed by atoms with van der Waals surface area (Å²) in [6.45, 7) is -0.267. The third-order valence-electron chi connectivity index (χ3n) is 3.00. The van der Waals surface area contributed by atoms with Gasteiger partial charge in [0.05, 0.1) is 29.4 Å². The number of benzene rings is 2. The minimum Gasteiger partial charge on any atom is -0.495 e. The van der Waals surface area contributed by atoms with Crippen LogP contribution < -0.4 is 19.5 Å². The molecule has 0 atom stereocenters. The van der Waals surface area contributed by atoms with Crippen LogP contribution in [0, 0.1) is 5.82 Å². The van der Waals surface area contributed by atoms with Gasteiger partial charge >= 0.3 is 0 Å². The molecule has 128 valence electrons. The molecule has 0 unspecified atom stereocenters. The van der Waals surface area contributed by atoms with Crippen LogP contribution in [0.15, 0.2) is 34.8 Å². The summed E-state index contributed by atoms with van der Waals surface area (Å²) in [5.41, 5.74) is 0.384. The Bertz CT molecular complexity index is 757. The number of halogens is 3. The molecule has 0 heterocycles. The van der Waals surface area contributed by atoms with E-state index in [2.05, 4.69) is 21.2 Å². The van der Waals surface area contributed by atoms with Crippen molar-refractivity contribution in [3.05, 3.63) is 45.6 Å². The molecular weight excluding hydrogens is 405 g/mol. The third-order valence-corrected chi connectivity index (χ3v) is 3.92. The van der Waals surface area contributed by atoms with Crippen LogP contribution in [-0.4, -0.2) is 26.7 Å². The first-order chi connectivity index (χ1) is 11.4. The summed E-state index contributed by atoms with van der Waals surface area (Å²) in [4.78, 5) is 12.0. The second kappa shape index (κ2) is 8.21. The second-order valence-corrected chi connectivity index (χ2v) is 5.86. The first kappa shape index (κ1) is 18.4. The van der Waals surface area contributed by atoms with E-state index in [0.29, 0.717) is 32.4 Å². The number of hydrogen-bond donors (Lipinski definition) is 1. The molecule has 1 amide bonds. The van der Waals surface area contributed by atoms with Gasteiger partial charge in [0.1, 0.15) is 23.1 Å². The number of carbonyl (C=O) groups excluding carboxylic acids is 1. The van der Waals surface area contributed by atoms with Crippen LogP contribution in [-0.2, 0) is 4.79 Å². The molecule has 0 saturated heterocycles. The zero-order chi connectivity index (χ0) is 17.7. The van der Waals surface area contributed by atoms with E-state index in [1.165, 1.54) is 38.5 Å². The van der Waals surface area contributed by atoms with Crippen molar-refractivity contribution in [2.24, 2.45) is 0 Å². The zero-order valence-corrected chi connectivity index (χ0v) is 15.2. The average molecular weight is 419 g/mol. The van der Waals surface area contributed by atoms with Crippen molar-refractivity contribution in [1.82, 2.24) is 0 Å². The number of nitrogens with one attached hydrogen (secondary N) is 1. The lowest BCUT2D eigenvalue weighted by atomic mass is 10.2. The average Bonchev–Trinajstić information content (AvgIpc) is 2.54. The lowest BCUT2D eigenvalue weighted by Gasteiger charge is -2.13. The van der Waals surface area contributed by atoms with Crippen molar-refractivity contribution in [1.29, 1.82) is 0 Å². The largest absolute Gasteiger partial charge is 0.495 e. The van der Waals surface area contributed by atoms with Gasteiger partial charge in [-0.05, 0) is 40.2 Å². The van der Waals surface area contributed by atoms with E-state index < -0.39 is 11.7 Å². The van der Waals surface area contributed by atoms with Crippen molar-refractivity contribution >= 4 is 39.1 Å². The summed E-state index contributed by atoms with van der Waals surface area (Å²) < 4.78 is 29.1. The minimum atomic E-state index is -0.425. The Morgan fingerprint density at radius 2 is 1.88 bits per heavy atom. The normalized spacial score (nSPS) is 10.2. The van der Waals surface area contributed by atoms with E-state index >= 15 is 0 Å². The first-order valence-corrected chi connectivity index (χ1v) is 7.91. The van der Waals surface area contributed by atoms with Crippen LogP contribution in [0.2, 0.25) is 5.02 Å². The fraction of sp³-hybridized carbons (Fsp3) is 0.188. The number of amides is 1. The van der Waals surface area contributed by atoms with Crippen LogP contribution in [0.5, 0.6) is 17.2 Å². The molecule has 0 bridgehead atoms. The van der Waals surface area contributed by atoms with Crippen molar-refractivity contribution < 1.29 is 23.4 Å². The quantitative estimate of drug-likeness (QED) is 0.761. The molecule has 2 aromatic rings. The number of methoxy groups -OCH3 is 2. The second-order valence-electron chi connectivity index (χ2n) is 4.60. The van der Waals surface area contributed by atoms with E-state index in [1.807, 2.05) is 0 Å². The molecule has 24 heavy (non-hydrogen) atoms.